The van der Waals surface area contributed by atoms with Gasteiger partial charge in [-0.2, -0.15) is 0 Å². The molecule has 0 fully saturated rings. The first-order chi connectivity index (χ1) is 6.61. The number of carbonyl (C=O) groups is 2. The maximum atomic E-state index is 11.1. The van der Waals surface area contributed by atoms with Gasteiger partial charge in [0.2, 0.25) is 0 Å². The van der Waals surface area contributed by atoms with Crippen molar-refractivity contribution < 1.29 is 14.3 Å². The molecule has 14 heavy (non-hydrogen) atoms. The molecule has 0 unspecified atom stereocenters. The number of ether oxygens (including phenoxy) is 1. The van der Waals surface area contributed by atoms with E-state index in [0.29, 0.717) is 6.54 Å². The van der Waals surface area contributed by atoms with Crippen LogP contribution in [-0.2, 0) is 9.53 Å². The van der Waals surface area contributed by atoms with E-state index in [1.54, 1.807) is 6.08 Å². The van der Waals surface area contributed by atoms with Crippen LogP contribution in [0.1, 0.15) is 13.8 Å². The Labute approximate surface area is 83.8 Å². The zero-order valence-corrected chi connectivity index (χ0v) is 8.69. The maximum Gasteiger partial charge on any atom is 0.413 e. The van der Waals surface area contributed by atoms with Gasteiger partial charge in [0.05, 0.1) is 7.11 Å². The highest BCUT2D eigenvalue weighted by atomic mass is 16.5. The quantitative estimate of drug-likeness (QED) is 0.509. The van der Waals surface area contributed by atoms with E-state index >= 15 is 0 Å². The first-order valence-electron chi connectivity index (χ1n) is 4.26. The average molecular weight is 197 g/mol. The van der Waals surface area contributed by atoms with Crippen molar-refractivity contribution in [3.63, 3.8) is 0 Å². The second-order valence-corrected chi connectivity index (χ2v) is 2.62. The molecule has 0 aromatic heterocycles. The Morgan fingerprint density at radius 3 is 2.50 bits per heavy atom. The second-order valence-electron chi connectivity index (χ2n) is 2.62. The molecule has 0 aliphatic carbocycles. The van der Waals surface area contributed by atoms with E-state index < -0.39 is 6.09 Å². The minimum Gasteiger partial charge on any atom is -0.452 e. The summed E-state index contributed by atoms with van der Waals surface area (Å²) in [4.78, 5) is 23.1. The largest absolute Gasteiger partial charge is 0.452 e. The third-order valence-electron chi connectivity index (χ3n) is 1.44. The smallest absolute Gasteiger partial charge is 0.413 e. The van der Waals surface area contributed by atoms with Crippen molar-refractivity contribution in [2.24, 2.45) is 0 Å². The molecule has 0 rings (SSSR count). The van der Waals surface area contributed by atoms with Gasteiger partial charge < -0.3 is 4.74 Å². The molecule has 0 aromatic carbocycles. The molecule has 0 saturated carbocycles. The van der Waals surface area contributed by atoms with E-state index in [0.717, 1.165) is 0 Å². The zero-order chi connectivity index (χ0) is 11.0. The number of amides is 1. The summed E-state index contributed by atoms with van der Waals surface area (Å²) in [5, 5.41) is 0. The van der Waals surface area contributed by atoms with Crippen LogP contribution >= 0.6 is 0 Å². The van der Waals surface area contributed by atoms with Crippen LogP contribution in [0.3, 0.4) is 0 Å². The van der Waals surface area contributed by atoms with Crippen molar-refractivity contribution in [1.29, 1.82) is 0 Å². The maximum absolute atomic E-state index is 11.1. The summed E-state index contributed by atoms with van der Waals surface area (Å²) in [5.74, 6) is -0.112. The fourth-order valence-electron chi connectivity index (χ4n) is 0.727. The third kappa shape index (κ3) is 5.13. The number of ketones is 1. The van der Waals surface area contributed by atoms with Gasteiger partial charge in [0.25, 0.3) is 0 Å². The van der Waals surface area contributed by atoms with Gasteiger partial charge in [0, 0.05) is 12.7 Å². The average Bonchev–Trinajstić information content (AvgIpc) is 2.16. The van der Waals surface area contributed by atoms with Gasteiger partial charge >= 0.3 is 6.09 Å². The Morgan fingerprint density at radius 1 is 1.43 bits per heavy atom. The van der Waals surface area contributed by atoms with Crippen LogP contribution in [0.2, 0.25) is 0 Å². The van der Waals surface area contributed by atoms with Crippen LogP contribution in [0.15, 0.2) is 24.4 Å². The molecule has 4 nitrogen and oxygen atoms in total. The van der Waals surface area contributed by atoms with Crippen molar-refractivity contribution >= 4 is 11.9 Å². The highest BCUT2D eigenvalue weighted by Crippen LogP contribution is 1.95. The normalized spacial score (nSPS) is 10.8. The number of hydrogen-bond acceptors (Lipinski definition) is 3. The Kier molecular flexibility index (Phi) is 6.11. The molecule has 0 aliphatic rings. The lowest BCUT2D eigenvalue weighted by atomic mass is 10.4. The Balaban J connectivity index is 4.39. The number of hydrogen-bond donors (Lipinski definition) is 0. The molecule has 0 spiro atoms. The molecule has 0 saturated heterocycles. The lowest BCUT2D eigenvalue weighted by Crippen LogP contribution is -2.25. The summed E-state index contributed by atoms with van der Waals surface area (Å²) in [5.41, 5.74) is 0. The van der Waals surface area contributed by atoms with Crippen molar-refractivity contribution in [3.05, 3.63) is 24.4 Å². The molecule has 0 N–H and O–H groups in total. The minimum atomic E-state index is -0.486. The highest BCUT2D eigenvalue weighted by Gasteiger charge is 2.07. The first kappa shape index (κ1) is 12.4. The lowest BCUT2D eigenvalue weighted by Gasteiger charge is -2.13. The molecule has 1 amide bonds. The monoisotopic (exact) mass is 197 g/mol. The summed E-state index contributed by atoms with van der Waals surface area (Å²) in [6, 6.07) is 0. The van der Waals surface area contributed by atoms with E-state index in [2.05, 4.69) is 4.74 Å². The fourth-order valence-corrected chi connectivity index (χ4v) is 0.727. The Hall–Kier alpha value is -1.58. The molecule has 0 radical (unpaired) electrons. The van der Waals surface area contributed by atoms with E-state index in [4.69, 9.17) is 0 Å². The van der Waals surface area contributed by atoms with E-state index in [-0.39, 0.29) is 5.78 Å². The number of methoxy groups -OCH3 is 1. The van der Waals surface area contributed by atoms with E-state index in [1.165, 1.54) is 31.2 Å². The van der Waals surface area contributed by atoms with Gasteiger partial charge in [0.15, 0.2) is 5.78 Å². The van der Waals surface area contributed by atoms with Crippen LogP contribution in [0.25, 0.3) is 0 Å². The summed E-state index contributed by atoms with van der Waals surface area (Å²) >= 11 is 0. The third-order valence-corrected chi connectivity index (χ3v) is 1.44. The second kappa shape index (κ2) is 6.88. The van der Waals surface area contributed by atoms with Gasteiger partial charge in [0.1, 0.15) is 0 Å². The molecule has 0 aromatic rings. The molecule has 4 heteroatoms. The molecule has 78 valence electrons. The summed E-state index contributed by atoms with van der Waals surface area (Å²) in [6.07, 6.45) is 5.86. The number of allylic oxidation sites excluding steroid dienone is 2. The number of nitrogens with zero attached hydrogens (tertiary/aromatic N) is 1. The van der Waals surface area contributed by atoms with Gasteiger partial charge in [-0.15, -0.1) is 0 Å². The predicted octanol–water partition coefficient (Wildman–Crippen LogP) is 1.73. The van der Waals surface area contributed by atoms with Crippen molar-refractivity contribution in [2.45, 2.75) is 13.8 Å². The molecule has 0 heterocycles. The number of carbonyl (C=O) groups excluding carboxylic acids is 2. The van der Waals surface area contributed by atoms with Crippen molar-refractivity contribution in [1.82, 2.24) is 4.90 Å². The van der Waals surface area contributed by atoms with Gasteiger partial charge in [-0.1, -0.05) is 12.2 Å². The zero-order valence-electron chi connectivity index (χ0n) is 8.69. The molecule has 0 aliphatic heterocycles. The van der Waals surface area contributed by atoms with Crippen LogP contribution in [-0.4, -0.2) is 30.4 Å². The number of rotatable bonds is 4. The standard InChI is InChI=1S/C10H15NO3/c1-4-5-7-11(10(13)14-3)8-6-9(2)12/h4-6,8H,7H2,1-3H3/b5-4-,8-6+. The summed E-state index contributed by atoms with van der Waals surface area (Å²) < 4.78 is 4.53. The summed E-state index contributed by atoms with van der Waals surface area (Å²) in [6.45, 7) is 3.67. The SMILES string of the molecule is C/C=C\CN(/C=C/C(C)=O)C(=O)OC. The van der Waals surface area contributed by atoms with Crippen LogP contribution in [0.5, 0.6) is 0 Å². The van der Waals surface area contributed by atoms with Gasteiger partial charge in [-0.3, -0.25) is 9.69 Å². The van der Waals surface area contributed by atoms with Crippen LogP contribution in [0, 0.1) is 0 Å². The first-order valence-corrected chi connectivity index (χ1v) is 4.26. The van der Waals surface area contributed by atoms with Gasteiger partial charge in [-0.25, -0.2) is 4.79 Å². The Bertz CT molecular complexity index is 256. The molecule has 0 atom stereocenters. The molecule has 0 bridgehead atoms. The van der Waals surface area contributed by atoms with Crippen LogP contribution in [0.4, 0.5) is 4.79 Å². The van der Waals surface area contributed by atoms with E-state index in [1.807, 2.05) is 13.0 Å². The highest BCUT2D eigenvalue weighted by molar-refractivity contribution is 5.87. The van der Waals surface area contributed by atoms with E-state index in [9.17, 15) is 9.59 Å². The molecular weight excluding hydrogens is 182 g/mol. The molecular formula is C10H15NO3. The van der Waals surface area contributed by atoms with Crippen LogP contribution < -0.4 is 0 Å². The van der Waals surface area contributed by atoms with Gasteiger partial charge in [-0.05, 0) is 19.9 Å². The topological polar surface area (TPSA) is 46.6 Å². The fraction of sp³-hybridized carbons (Fsp3) is 0.400. The van der Waals surface area contributed by atoms with Crippen molar-refractivity contribution in [3.8, 4) is 0 Å². The predicted molar refractivity (Wildman–Crippen MR) is 53.7 cm³/mol. The summed E-state index contributed by atoms with van der Waals surface area (Å²) in [7, 11) is 1.30. The Morgan fingerprint density at radius 2 is 2.07 bits per heavy atom. The minimum absolute atomic E-state index is 0.112. The lowest BCUT2D eigenvalue weighted by molar-refractivity contribution is -0.112. The van der Waals surface area contributed by atoms with Crippen molar-refractivity contribution in [2.75, 3.05) is 13.7 Å².